The minimum Gasteiger partial charge on any atom is -0.490 e. The summed E-state index contributed by atoms with van der Waals surface area (Å²) in [6.07, 6.45) is 3.16. The quantitative estimate of drug-likeness (QED) is 0.788. The van der Waals surface area contributed by atoms with Gasteiger partial charge in [-0.3, -0.25) is 4.79 Å². The van der Waals surface area contributed by atoms with Crippen LogP contribution in [0.15, 0.2) is 30.4 Å². The highest BCUT2D eigenvalue weighted by atomic mass is 16.5. The Morgan fingerprint density at radius 3 is 2.50 bits per heavy atom. The summed E-state index contributed by atoms with van der Waals surface area (Å²) in [5.41, 5.74) is 0.685. The van der Waals surface area contributed by atoms with Crippen LogP contribution in [0.2, 0.25) is 0 Å². The summed E-state index contributed by atoms with van der Waals surface area (Å²) in [4.78, 5) is 11.4. The summed E-state index contributed by atoms with van der Waals surface area (Å²) in [6, 6.07) is 5.34. The third-order valence-electron chi connectivity index (χ3n) is 2.13. The molecule has 0 bridgehead atoms. The van der Waals surface area contributed by atoms with Crippen molar-refractivity contribution in [2.75, 3.05) is 18.5 Å². The lowest BCUT2D eigenvalue weighted by atomic mass is 10.2. The number of hydrogen-bond donors (Lipinski definition) is 1. The molecule has 0 aromatic heterocycles. The Bertz CT molecular complexity index is 427. The van der Waals surface area contributed by atoms with E-state index in [1.54, 1.807) is 31.2 Å². The van der Waals surface area contributed by atoms with Gasteiger partial charge in [0.1, 0.15) is 0 Å². The highest BCUT2D eigenvalue weighted by Crippen LogP contribution is 2.30. The second-order valence-corrected chi connectivity index (χ2v) is 3.52. The average Bonchev–Trinajstić information content (AvgIpc) is 2.33. The smallest absolute Gasteiger partial charge is 0.248 e. The third kappa shape index (κ3) is 4.13. The van der Waals surface area contributed by atoms with E-state index in [-0.39, 0.29) is 5.91 Å². The van der Waals surface area contributed by atoms with Crippen molar-refractivity contribution in [1.29, 1.82) is 0 Å². The van der Waals surface area contributed by atoms with E-state index < -0.39 is 0 Å². The SMILES string of the molecule is C/C=C/C(=O)Nc1ccc(OCC)c(OCC)c1. The number of ether oxygens (including phenoxy) is 2. The highest BCUT2D eigenvalue weighted by molar-refractivity contribution is 5.99. The average molecular weight is 249 g/mol. The van der Waals surface area contributed by atoms with E-state index in [4.69, 9.17) is 9.47 Å². The molecule has 0 aliphatic rings. The van der Waals surface area contributed by atoms with E-state index in [0.29, 0.717) is 30.4 Å². The van der Waals surface area contributed by atoms with Gasteiger partial charge in [-0.2, -0.15) is 0 Å². The maximum Gasteiger partial charge on any atom is 0.248 e. The number of amides is 1. The molecule has 4 nitrogen and oxygen atoms in total. The van der Waals surface area contributed by atoms with E-state index in [0.717, 1.165) is 0 Å². The van der Waals surface area contributed by atoms with Gasteiger partial charge in [-0.05, 0) is 39.0 Å². The molecule has 1 rings (SSSR count). The lowest BCUT2D eigenvalue weighted by molar-refractivity contribution is -0.111. The highest BCUT2D eigenvalue weighted by Gasteiger charge is 2.07. The van der Waals surface area contributed by atoms with E-state index in [1.165, 1.54) is 6.08 Å². The van der Waals surface area contributed by atoms with E-state index in [9.17, 15) is 4.79 Å². The molecule has 1 amide bonds. The summed E-state index contributed by atoms with van der Waals surface area (Å²) in [5, 5.41) is 2.75. The van der Waals surface area contributed by atoms with E-state index >= 15 is 0 Å². The number of carbonyl (C=O) groups excluding carboxylic acids is 1. The van der Waals surface area contributed by atoms with Crippen LogP contribution < -0.4 is 14.8 Å². The molecule has 4 heteroatoms. The van der Waals surface area contributed by atoms with Crippen molar-refractivity contribution in [1.82, 2.24) is 0 Å². The molecule has 1 N–H and O–H groups in total. The van der Waals surface area contributed by atoms with Crippen LogP contribution in [0.5, 0.6) is 11.5 Å². The summed E-state index contributed by atoms with van der Waals surface area (Å²) in [7, 11) is 0. The molecule has 18 heavy (non-hydrogen) atoms. The van der Waals surface area contributed by atoms with Gasteiger partial charge in [-0.1, -0.05) is 6.08 Å². The predicted octanol–water partition coefficient (Wildman–Crippen LogP) is 3.00. The summed E-state index contributed by atoms with van der Waals surface area (Å²) in [6.45, 7) is 6.73. The maximum absolute atomic E-state index is 11.4. The van der Waals surface area contributed by atoms with Crippen LogP contribution in [0.25, 0.3) is 0 Å². The Hall–Kier alpha value is -1.97. The van der Waals surface area contributed by atoms with Gasteiger partial charge in [0.25, 0.3) is 0 Å². The number of anilines is 1. The van der Waals surface area contributed by atoms with Crippen molar-refractivity contribution in [3.05, 3.63) is 30.4 Å². The second-order valence-electron chi connectivity index (χ2n) is 3.52. The van der Waals surface area contributed by atoms with Crippen LogP contribution in [-0.4, -0.2) is 19.1 Å². The fraction of sp³-hybridized carbons (Fsp3) is 0.357. The van der Waals surface area contributed by atoms with Crippen LogP contribution in [0.1, 0.15) is 20.8 Å². The van der Waals surface area contributed by atoms with Crippen LogP contribution in [0.4, 0.5) is 5.69 Å². The molecule has 0 aliphatic heterocycles. The Balaban J connectivity index is 2.88. The van der Waals surface area contributed by atoms with Gasteiger partial charge < -0.3 is 14.8 Å². The zero-order chi connectivity index (χ0) is 13.4. The lowest BCUT2D eigenvalue weighted by Gasteiger charge is -2.12. The minimum atomic E-state index is -0.163. The number of allylic oxidation sites excluding steroid dienone is 1. The number of benzene rings is 1. The van der Waals surface area contributed by atoms with Crippen LogP contribution in [0, 0.1) is 0 Å². The number of carbonyl (C=O) groups is 1. The van der Waals surface area contributed by atoms with Gasteiger partial charge in [0.05, 0.1) is 13.2 Å². The van der Waals surface area contributed by atoms with Gasteiger partial charge in [0.15, 0.2) is 11.5 Å². The minimum absolute atomic E-state index is 0.163. The molecule has 0 saturated heterocycles. The zero-order valence-electron chi connectivity index (χ0n) is 11.0. The lowest BCUT2D eigenvalue weighted by Crippen LogP contribution is -2.08. The molecule has 1 aromatic rings. The molecular formula is C14H19NO3. The van der Waals surface area contributed by atoms with E-state index in [1.807, 2.05) is 13.8 Å². The standard InChI is InChI=1S/C14H19NO3/c1-4-7-14(16)15-11-8-9-12(17-5-2)13(10-11)18-6-3/h4,7-10H,5-6H2,1-3H3,(H,15,16)/b7-4+. The molecule has 0 saturated carbocycles. The van der Waals surface area contributed by atoms with Crippen LogP contribution in [0.3, 0.4) is 0 Å². The number of hydrogen-bond acceptors (Lipinski definition) is 3. The van der Waals surface area contributed by atoms with Crippen molar-refractivity contribution < 1.29 is 14.3 Å². The molecule has 0 spiro atoms. The van der Waals surface area contributed by atoms with Gasteiger partial charge >= 0.3 is 0 Å². The zero-order valence-corrected chi connectivity index (χ0v) is 11.0. The van der Waals surface area contributed by atoms with Crippen LogP contribution in [-0.2, 0) is 4.79 Å². The molecule has 0 aliphatic carbocycles. The topological polar surface area (TPSA) is 47.6 Å². The Morgan fingerprint density at radius 1 is 1.22 bits per heavy atom. The normalized spacial score (nSPS) is 10.4. The summed E-state index contributed by atoms with van der Waals surface area (Å²) >= 11 is 0. The Labute approximate surface area is 108 Å². The van der Waals surface area contributed by atoms with Gasteiger partial charge in [-0.15, -0.1) is 0 Å². The summed E-state index contributed by atoms with van der Waals surface area (Å²) in [5.74, 6) is 1.16. The molecule has 0 fully saturated rings. The van der Waals surface area contributed by atoms with Gasteiger partial charge in [0, 0.05) is 11.8 Å². The first-order valence-electron chi connectivity index (χ1n) is 6.04. The van der Waals surface area contributed by atoms with Crippen molar-refractivity contribution in [2.45, 2.75) is 20.8 Å². The van der Waals surface area contributed by atoms with Crippen molar-refractivity contribution in [2.24, 2.45) is 0 Å². The van der Waals surface area contributed by atoms with Gasteiger partial charge in [-0.25, -0.2) is 0 Å². The number of rotatable bonds is 6. The largest absolute Gasteiger partial charge is 0.490 e. The van der Waals surface area contributed by atoms with Crippen LogP contribution >= 0.6 is 0 Å². The first-order chi connectivity index (χ1) is 8.71. The molecule has 1 aromatic carbocycles. The first-order valence-corrected chi connectivity index (χ1v) is 6.04. The summed E-state index contributed by atoms with van der Waals surface area (Å²) < 4.78 is 10.9. The third-order valence-corrected chi connectivity index (χ3v) is 2.13. The molecule has 0 atom stereocenters. The maximum atomic E-state index is 11.4. The molecule has 98 valence electrons. The first kappa shape index (κ1) is 14.1. The Kier molecular flexibility index (Phi) is 5.77. The fourth-order valence-corrected chi connectivity index (χ4v) is 1.46. The van der Waals surface area contributed by atoms with Crippen molar-refractivity contribution in [3.8, 4) is 11.5 Å². The fourth-order valence-electron chi connectivity index (χ4n) is 1.46. The van der Waals surface area contributed by atoms with Gasteiger partial charge in [0.2, 0.25) is 5.91 Å². The second kappa shape index (κ2) is 7.37. The predicted molar refractivity (Wildman–Crippen MR) is 72.2 cm³/mol. The molecule has 0 unspecified atom stereocenters. The van der Waals surface area contributed by atoms with E-state index in [2.05, 4.69) is 5.32 Å². The molecule has 0 heterocycles. The number of nitrogens with one attached hydrogen (secondary N) is 1. The van der Waals surface area contributed by atoms with Crippen molar-refractivity contribution >= 4 is 11.6 Å². The Morgan fingerprint density at radius 2 is 1.89 bits per heavy atom. The monoisotopic (exact) mass is 249 g/mol. The molecule has 0 radical (unpaired) electrons. The molecular weight excluding hydrogens is 230 g/mol. The van der Waals surface area contributed by atoms with Crippen molar-refractivity contribution in [3.63, 3.8) is 0 Å².